The van der Waals surface area contributed by atoms with Gasteiger partial charge in [0.2, 0.25) is 11.8 Å². The average molecular weight is 216 g/mol. The third kappa shape index (κ3) is 5.66. The molecule has 0 heterocycles. The fourth-order valence-corrected chi connectivity index (χ4v) is 0.849. The van der Waals surface area contributed by atoms with Crippen LogP contribution in [0.4, 0.5) is 0 Å². The van der Waals surface area contributed by atoms with Crippen molar-refractivity contribution in [2.75, 3.05) is 6.54 Å². The molecule has 6 nitrogen and oxygen atoms in total. The van der Waals surface area contributed by atoms with Crippen LogP contribution in [0.3, 0.4) is 0 Å². The first-order chi connectivity index (χ1) is 6.84. The zero-order chi connectivity index (χ0) is 12.0. The molecule has 2 amide bonds. The quantitative estimate of drug-likeness (QED) is 0.569. The number of rotatable bonds is 5. The SMILES string of the molecule is CC(=O)NCC(=O)NC(C)C(C)C(=O)O. The largest absolute Gasteiger partial charge is 0.481 e. The molecule has 0 saturated carbocycles. The molecule has 2 atom stereocenters. The fourth-order valence-electron chi connectivity index (χ4n) is 0.849. The number of carbonyl (C=O) groups is 3. The number of carbonyl (C=O) groups excluding carboxylic acids is 2. The summed E-state index contributed by atoms with van der Waals surface area (Å²) in [4.78, 5) is 32.2. The highest BCUT2D eigenvalue weighted by atomic mass is 16.4. The first-order valence-electron chi connectivity index (χ1n) is 4.61. The van der Waals surface area contributed by atoms with Gasteiger partial charge in [-0.2, -0.15) is 0 Å². The van der Waals surface area contributed by atoms with E-state index in [0.717, 1.165) is 0 Å². The van der Waals surface area contributed by atoms with Gasteiger partial charge in [0.05, 0.1) is 12.5 Å². The third-order valence-electron chi connectivity index (χ3n) is 2.03. The van der Waals surface area contributed by atoms with E-state index in [1.807, 2.05) is 0 Å². The van der Waals surface area contributed by atoms with Crippen LogP contribution >= 0.6 is 0 Å². The summed E-state index contributed by atoms with van der Waals surface area (Å²) < 4.78 is 0. The van der Waals surface area contributed by atoms with Crippen LogP contribution in [-0.4, -0.2) is 35.5 Å². The molecule has 0 bridgehead atoms. The van der Waals surface area contributed by atoms with Gasteiger partial charge in [-0.05, 0) is 13.8 Å². The minimum atomic E-state index is -0.970. The Morgan fingerprint density at radius 2 is 1.80 bits per heavy atom. The van der Waals surface area contributed by atoms with Gasteiger partial charge in [0.25, 0.3) is 0 Å². The first-order valence-corrected chi connectivity index (χ1v) is 4.61. The Labute approximate surface area is 88.0 Å². The highest BCUT2D eigenvalue weighted by molar-refractivity contribution is 5.84. The van der Waals surface area contributed by atoms with E-state index in [-0.39, 0.29) is 12.5 Å². The molecule has 6 heteroatoms. The van der Waals surface area contributed by atoms with Crippen molar-refractivity contribution in [3.8, 4) is 0 Å². The number of amides is 2. The van der Waals surface area contributed by atoms with E-state index in [1.165, 1.54) is 13.8 Å². The van der Waals surface area contributed by atoms with E-state index in [4.69, 9.17) is 5.11 Å². The van der Waals surface area contributed by atoms with Gasteiger partial charge in [-0.15, -0.1) is 0 Å². The molecule has 15 heavy (non-hydrogen) atoms. The van der Waals surface area contributed by atoms with Gasteiger partial charge in [0.15, 0.2) is 0 Å². The van der Waals surface area contributed by atoms with Crippen molar-refractivity contribution in [2.24, 2.45) is 5.92 Å². The molecule has 0 aliphatic carbocycles. The van der Waals surface area contributed by atoms with Crippen LogP contribution in [0.15, 0.2) is 0 Å². The molecule has 0 aliphatic rings. The average Bonchev–Trinajstić information content (AvgIpc) is 2.13. The van der Waals surface area contributed by atoms with Crippen LogP contribution in [0.5, 0.6) is 0 Å². The Hall–Kier alpha value is -1.59. The maximum Gasteiger partial charge on any atom is 0.308 e. The van der Waals surface area contributed by atoms with Crippen molar-refractivity contribution in [1.29, 1.82) is 0 Å². The van der Waals surface area contributed by atoms with Crippen molar-refractivity contribution >= 4 is 17.8 Å². The topological polar surface area (TPSA) is 95.5 Å². The van der Waals surface area contributed by atoms with Crippen LogP contribution < -0.4 is 10.6 Å². The van der Waals surface area contributed by atoms with Crippen molar-refractivity contribution in [3.05, 3.63) is 0 Å². The Morgan fingerprint density at radius 3 is 2.20 bits per heavy atom. The summed E-state index contributed by atoms with van der Waals surface area (Å²) in [5.74, 6) is -2.33. The van der Waals surface area contributed by atoms with Crippen LogP contribution in [0.2, 0.25) is 0 Å². The van der Waals surface area contributed by atoms with E-state index in [9.17, 15) is 14.4 Å². The van der Waals surface area contributed by atoms with Crippen LogP contribution in [0, 0.1) is 5.92 Å². The molecule has 0 fully saturated rings. The Kier molecular flexibility index (Phi) is 5.36. The molecule has 0 radical (unpaired) electrons. The summed E-state index contributed by atoms with van der Waals surface area (Å²) in [5.41, 5.74) is 0. The van der Waals surface area contributed by atoms with Gasteiger partial charge in [-0.3, -0.25) is 14.4 Å². The summed E-state index contributed by atoms with van der Waals surface area (Å²) in [6, 6.07) is -0.469. The normalized spacial score (nSPS) is 13.8. The number of hydrogen-bond acceptors (Lipinski definition) is 3. The number of carboxylic acid groups (broad SMARTS) is 1. The second-order valence-corrected chi connectivity index (χ2v) is 3.39. The molecule has 0 aliphatic heterocycles. The first kappa shape index (κ1) is 13.4. The zero-order valence-corrected chi connectivity index (χ0v) is 9.03. The molecule has 0 aromatic rings. The van der Waals surface area contributed by atoms with Gasteiger partial charge in [0, 0.05) is 13.0 Å². The monoisotopic (exact) mass is 216 g/mol. The second kappa shape index (κ2) is 6.00. The summed E-state index contributed by atoms with van der Waals surface area (Å²) in [6.07, 6.45) is 0. The van der Waals surface area contributed by atoms with E-state index in [2.05, 4.69) is 10.6 Å². The maximum absolute atomic E-state index is 11.2. The predicted molar refractivity (Wildman–Crippen MR) is 53.1 cm³/mol. The Morgan fingerprint density at radius 1 is 1.27 bits per heavy atom. The smallest absolute Gasteiger partial charge is 0.308 e. The van der Waals surface area contributed by atoms with E-state index in [0.29, 0.717) is 0 Å². The molecule has 0 spiro atoms. The second-order valence-electron chi connectivity index (χ2n) is 3.39. The lowest BCUT2D eigenvalue weighted by atomic mass is 10.0. The maximum atomic E-state index is 11.2. The fraction of sp³-hybridized carbons (Fsp3) is 0.667. The third-order valence-corrected chi connectivity index (χ3v) is 2.03. The molecule has 0 aromatic heterocycles. The minimum Gasteiger partial charge on any atom is -0.481 e. The standard InChI is InChI=1S/C9H16N2O4/c1-5(9(14)15)6(2)11-8(13)4-10-7(3)12/h5-6H,4H2,1-3H3,(H,10,12)(H,11,13)(H,14,15). The molecular weight excluding hydrogens is 200 g/mol. The summed E-state index contributed by atoms with van der Waals surface area (Å²) in [6.45, 7) is 4.28. The number of carboxylic acids is 1. The molecule has 0 saturated heterocycles. The Bertz CT molecular complexity index is 265. The van der Waals surface area contributed by atoms with Gasteiger partial charge < -0.3 is 15.7 Å². The number of nitrogens with one attached hydrogen (secondary N) is 2. The lowest BCUT2D eigenvalue weighted by Crippen LogP contribution is -2.44. The van der Waals surface area contributed by atoms with E-state index in [1.54, 1.807) is 6.92 Å². The van der Waals surface area contributed by atoms with Crippen LogP contribution in [0.25, 0.3) is 0 Å². The molecule has 3 N–H and O–H groups in total. The lowest BCUT2D eigenvalue weighted by molar-refractivity contribution is -0.142. The van der Waals surface area contributed by atoms with E-state index < -0.39 is 23.8 Å². The molecule has 0 rings (SSSR count). The lowest BCUT2D eigenvalue weighted by Gasteiger charge is -2.17. The van der Waals surface area contributed by atoms with Crippen LogP contribution in [0.1, 0.15) is 20.8 Å². The van der Waals surface area contributed by atoms with Gasteiger partial charge in [-0.1, -0.05) is 0 Å². The van der Waals surface area contributed by atoms with Crippen LogP contribution in [-0.2, 0) is 14.4 Å². The molecule has 86 valence electrons. The molecule has 2 unspecified atom stereocenters. The highest BCUT2D eigenvalue weighted by Gasteiger charge is 2.20. The highest BCUT2D eigenvalue weighted by Crippen LogP contribution is 2.01. The summed E-state index contributed by atoms with van der Waals surface area (Å²) in [5, 5.41) is 13.5. The predicted octanol–water partition coefficient (Wildman–Crippen LogP) is -0.652. The summed E-state index contributed by atoms with van der Waals surface area (Å²) >= 11 is 0. The molecule has 0 aromatic carbocycles. The van der Waals surface area contributed by atoms with Crippen molar-refractivity contribution in [2.45, 2.75) is 26.8 Å². The van der Waals surface area contributed by atoms with Gasteiger partial charge in [-0.25, -0.2) is 0 Å². The van der Waals surface area contributed by atoms with Crippen molar-refractivity contribution in [1.82, 2.24) is 10.6 Å². The minimum absolute atomic E-state index is 0.133. The Balaban J connectivity index is 3.96. The number of aliphatic carboxylic acids is 1. The summed E-state index contributed by atoms with van der Waals surface area (Å²) in [7, 11) is 0. The van der Waals surface area contributed by atoms with Crippen molar-refractivity contribution in [3.63, 3.8) is 0 Å². The van der Waals surface area contributed by atoms with Gasteiger partial charge >= 0.3 is 5.97 Å². The molecular formula is C9H16N2O4. The van der Waals surface area contributed by atoms with Gasteiger partial charge in [0.1, 0.15) is 0 Å². The van der Waals surface area contributed by atoms with Crippen molar-refractivity contribution < 1.29 is 19.5 Å². The number of hydrogen-bond donors (Lipinski definition) is 3. The zero-order valence-electron chi connectivity index (χ0n) is 9.03. The van der Waals surface area contributed by atoms with E-state index >= 15 is 0 Å².